The van der Waals surface area contributed by atoms with Gasteiger partial charge in [0, 0.05) is 16.6 Å². The van der Waals surface area contributed by atoms with E-state index in [1.807, 2.05) is 0 Å². The molecule has 2 rings (SSSR count). The summed E-state index contributed by atoms with van der Waals surface area (Å²) in [5.74, 6) is -0.197. The van der Waals surface area contributed by atoms with Crippen LogP contribution in [-0.2, 0) is 0 Å². The molecule has 14 heavy (non-hydrogen) atoms. The maximum Gasteiger partial charge on any atom is 0.129 e. The van der Waals surface area contributed by atoms with Gasteiger partial charge in [0.1, 0.15) is 5.82 Å². The van der Waals surface area contributed by atoms with E-state index in [2.05, 4.69) is 5.32 Å². The van der Waals surface area contributed by atoms with Gasteiger partial charge < -0.3 is 5.32 Å². The van der Waals surface area contributed by atoms with Crippen LogP contribution in [0.5, 0.6) is 0 Å². The molecule has 1 N–H and O–H groups in total. The van der Waals surface area contributed by atoms with Crippen LogP contribution in [0.25, 0.3) is 0 Å². The van der Waals surface area contributed by atoms with E-state index in [1.54, 1.807) is 12.1 Å². The van der Waals surface area contributed by atoms with Gasteiger partial charge in [-0.25, -0.2) is 4.39 Å². The summed E-state index contributed by atoms with van der Waals surface area (Å²) in [5, 5.41) is 3.82. The Labute approximate surface area is 88.3 Å². The van der Waals surface area contributed by atoms with Crippen molar-refractivity contribution >= 4 is 11.6 Å². The highest BCUT2D eigenvalue weighted by molar-refractivity contribution is 6.31. The van der Waals surface area contributed by atoms with Crippen LogP contribution in [0.1, 0.15) is 30.9 Å². The lowest BCUT2D eigenvalue weighted by Gasteiger charge is -2.24. The number of hydrogen-bond acceptors (Lipinski definition) is 1. The molecule has 0 spiro atoms. The first-order valence-electron chi connectivity index (χ1n) is 4.96. The van der Waals surface area contributed by atoms with Crippen LogP contribution in [0.3, 0.4) is 0 Å². The van der Waals surface area contributed by atoms with Gasteiger partial charge in [0.2, 0.25) is 0 Å². The maximum atomic E-state index is 13.5. The van der Waals surface area contributed by atoms with Crippen LogP contribution in [-0.4, -0.2) is 6.54 Å². The van der Waals surface area contributed by atoms with Gasteiger partial charge in [-0.2, -0.15) is 0 Å². The van der Waals surface area contributed by atoms with Gasteiger partial charge in [-0.1, -0.05) is 24.1 Å². The number of halogens is 2. The predicted molar refractivity (Wildman–Crippen MR) is 56.0 cm³/mol. The van der Waals surface area contributed by atoms with E-state index in [0.29, 0.717) is 10.6 Å². The number of benzene rings is 1. The fourth-order valence-electron chi connectivity index (χ4n) is 1.94. The highest BCUT2D eigenvalue weighted by Gasteiger charge is 2.20. The first-order chi connectivity index (χ1) is 6.79. The third-order valence-electron chi connectivity index (χ3n) is 2.66. The molecule has 0 bridgehead atoms. The summed E-state index contributed by atoms with van der Waals surface area (Å²) in [4.78, 5) is 0. The third-order valence-corrected chi connectivity index (χ3v) is 2.99. The Morgan fingerprint density at radius 1 is 1.36 bits per heavy atom. The second-order valence-corrected chi connectivity index (χ2v) is 4.05. The van der Waals surface area contributed by atoms with Gasteiger partial charge in [0.05, 0.1) is 0 Å². The Balaban J connectivity index is 2.29. The first-order valence-corrected chi connectivity index (χ1v) is 5.34. The molecule has 1 fully saturated rings. The molecule has 0 aliphatic carbocycles. The Bertz CT molecular complexity index is 301. The highest BCUT2D eigenvalue weighted by Crippen LogP contribution is 2.30. The minimum absolute atomic E-state index is 0.0949. The fourth-order valence-corrected chi connectivity index (χ4v) is 2.24. The molecule has 1 aromatic carbocycles. The van der Waals surface area contributed by atoms with Crippen molar-refractivity contribution in [2.45, 2.75) is 25.3 Å². The zero-order chi connectivity index (χ0) is 9.97. The molecule has 0 aromatic heterocycles. The van der Waals surface area contributed by atoms with Gasteiger partial charge >= 0.3 is 0 Å². The van der Waals surface area contributed by atoms with E-state index in [0.717, 1.165) is 19.4 Å². The Morgan fingerprint density at radius 2 is 2.21 bits per heavy atom. The van der Waals surface area contributed by atoms with Gasteiger partial charge in [0.15, 0.2) is 0 Å². The second kappa shape index (κ2) is 4.28. The minimum Gasteiger partial charge on any atom is -0.310 e. The average Bonchev–Trinajstić information content (AvgIpc) is 2.19. The predicted octanol–water partition coefficient (Wildman–Crippen LogP) is 3.29. The second-order valence-electron chi connectivity index (χ2n) is 3.64. The molecular formula is C11H13ClFN. The minimum atomic E-state index is -0.197. The van der Waals surface area contributed by atoms with E-state index in [4.69, 9.17) is 11.6 Å². The smallest absolute Gasteiger partial charge is 0.129 e. The van der Waals surface area contributed by atoms with Crippen molar-refractivity contribution in [3.63, 3.8) is 0 Å². The molecule has 1 aliphatic rings. The van der Waals surface area contributed by atoms with Gasteiger partial charge in [0.25, 0.3) is 0 Å². The first kappa shape index (κ1) is 9.94. The molecule has 0 radical (unpaired) electrons. The van der Waals surface area contributed by atoms with Gasteiger partial charge in [-0.3, -0.25) is 0 Å². The molecular weight excluding hydrogens is 201 g/mol. The Morgan fingerprint density at radius 3 is 2.86 bits per heavy atom. The van der Waals surface area contributed by atoms with Crippen LogP contribution < -0.4 is 5.32 Å². The van der Waals surface area contributed by atoms with E-state index in [1.165, 1.54) is 12.5 Å². The van der Waals surface area contributed by atoms with Crippen molar-refractivity contribution in [2.75, 3.05) is 6.54 Å². The van der Waals surface area contributed by atoms with Crippen LogP contribution in [0.4, 0.5) is 4.39 Å². The molecule has 1 aromatic rings. The largest absolute Gasteiger partial charge is 0.310 e. The average molecular weight is 214 g/mol. The quantitative estimate of drug-likeness (QED) is 0.755. The molecule has 1 heterocycles. The lowest BCUT2D eigenvalue weighted by atomic mass is 9.97. The Kier molecular flexibility index (Phi) is 3.04. The molecule has 1 atom stereocenters. The van der Waals surface area contributed by atoms with Gasteiger partial charge in [-0.15, -0.1) is 0 Å². The topological polar surface area (TPSA) is 12.0 Å². The fraction of sp³-hybridized carbons (Fsp3) is 0.455. The molecule has 76 valence electrons. The molecule has 1 aliphatic heterocycles. The summed E-state index contributed by atoms with van der Waals surface area (Å²) < 4.78 is 13.5. The van der Waals surface area contributed by atoms with Gasteiger partial charge in [-0.05, 0) is 31.5 Å². The molecule has 3 heteroatoms. The Hall–Kier alpha value is -0.600. The standard InChI is InChI=1S/C11H13ClFN/c12-8-4-3-5-9(13)11(8)10-6-1-2-7-14-10/h3-5,10,14H,1-2,6-7H2/t10-/m1/s1. The van der Waals surface area contributed by atoms with Crippen molar-refractivity contribution in [3.05, 3.63) is 34.6 Å². The number of hydrogen-bond donors (Lipinski definition) is 1. The van der Waals surface area contributed by atoms with Crippen LogP contribution >= 0.6 is 11.6 Å². The summed E-state index contributed by atoms with van der Waals surface area (Å²) in [7, 11) is 0. The van der Waals surface area contributed by atoms with Crippen LogP contribution in [0.15, 0.2) is 18.2 Å². The highest BCUT2D eigenvalue weighted by atomic mass is 35.5. The van der Waals surface area contributed by atoms with Crippen molar-refractivity contribution in [1.82, 2.24) is 5.32 Å². The third kappa shape index (κ3) is 1.91. The SMILES string of the molecule is Fc1cccc(Cl)c1[C@H]1CCCCN1. The molecule has 1 saturated heterocycles. The number of piperidine rings is 1. The van der Waals surface area contributed by atoms with Crippen molar-refractivity contribution in [2.24, 2.45) is 0 Å². The summed E-state index contributed by atoms with van der Waals surface area (Å²) in [6.45, 7) is 0.954. The maximum absolute atomic E-state index is 13.5. The number of nitrogens with one attached hydrogen (secondary N) is 1. The summed E-state index contributed by atoms with van der Waals surface area (Å²) in [6, 6.07) is 4.95. The van der Waals surface area contributed by atoms with E-state index in [9.17, 15) is 4.39 Å². The van der Waals surface area contributed by atoms with Crippen molar-refractivity contribution in [1.29, 1.82) is 0 Å². The summed E-state index contributed by atoms with van der Waals surface area (Å²) in [6.07, 6.45) is 3.28. The van der Waals surface area contributed by atoms with Crippen molar-refractivity contribution < 1.29 is 4.39 Å². The molecule has 0 unspecified atom stereocenters. The van der Waals surface area contributed by atoms with Crippen LogP contribution in [0.2, 0.25) is 5.02 Å². The zero-order valence-electron chi connectivity index (χ0n) is 7.89. The lowest BCUT2D eigenvalue weighted by molar-refractivity contribution is 0.400. The number of rotatable bonds is 1. The van der Waals surface area contributed by atoms with Crippen molar-refractivity contribution in [3.8, 4) is 0 Å². The molecule has 0 saturated carbocycles. The van der Waals surface area contributed by atoms with E-state index >= 15 is 0 Å². The zero-order valence-corrected chi connectivity index (χ0v) is 8.65. The summed E-state index contributed by atoms with van der Waals surface area (Å²) >= 11 is 5.98. The lowest BCUT2D eigenvalue weighted by Crippen LogP contribution is -2.27. The normalized spacial score (nSPS) is 22.3. The van der Waals surface area contributed by atoms with E-state index in [-0.39, 0.29) is 11.9 Å². The summed E-state index contributed by atoms with van der Waals surface area (Å²) in [5.41, 5.74) is 0.633. The molecule has 1 nitrogen and oxygen atoms in total. The van der Waals surface area contributed by atoms with Crippen LogP contribution in [0, 0.1) is 5.82 Å². The van der Waals surface area contributed by atoms with E-state index < -0.39 is 0 Å². The monoisotopic (exact) mass is 213 g/mol. The molecule has 0 amide bonds.